The number of ether oxygens (including phenoxy) is 2. The van der Waals surface area contributed by atoms with Crippen LogP contribution >= 0.6 is 0 Å². The summed E-state index contributed by atoms with van der Waals surface area (Å²) in [5.74, 6) is 0.326. The molecule has 47 heavy (non-hydrogen) atoms. The Balaban J connectivity index is 1.36. The van der Waals surface area contributed by atoms with E-state index in [4.69, 9.17) is 14.5 Å². The zero-order chi connectivity index (χ0) is 33.3. The largest absolute Gasteiger partial charge is 0.493 e. The lowest BCUT2D eigenvalue weighted by molar-refractivity contribution is -0.138. The van der Waals surface area contributed by atoms with Crippen LogP contribution in [0.25, 0.3) is 11.3 Å². The zero-order valence-corrected chi connectivity index (χ0v) is 27.6. The molecule has 1 aromatic carbocycles. The third-order valence-electron chi connectivity index (χ3n) is 9.79. The molecule has 252 valence electrons. The minimum Gasteiger partial charge on any atom is -0.493 e. The van der Waals surface area contributed by atoms with Crippen molar-refractivity contribution in [3.8, 4) is 22.9 Å². The molecule has 0 N–H and O–H groups in total. The number of likely N-dealkylation sites (N-methyl/N-ethyl adjacent to an activating group) is 1. The first-order valence-electron chi connectivity index (χ1n) is 16.8. The van der Waals surface area contributed by atoms with Gasteiger partial charge < -0.3 is 24.2 Å². The van der Waals surface area contributed by atoms with Gasteiger partial charge >= 0.3 is 6.18 Å². The molecule has 8 nitrogen and oxygen atoms in total. The minimum atomic E-state index is -4.57. The number of aromatic nitrogens is 2. The van der Waals surface area contributed by atoms with Gasteiger partial charge in [-0.05, 0) is 74.5 Å². The molecule has 0 bridgehead atoms. The molecule has 3 aliphatic rings. The van der Waals surface area contributed by atoms with Gasteiger partial charge in [0, 0.05) is 50.4 Å². The number of piperidine rings is 1. The lowest BCUT2D eigenvalue weighted by Crippen LogP contribution is -2.57. The molecule has 2 fully saturated rings. The van der Waals surface area contributed by atoms with Crippen LogP contribution in [0.4, 0.5) is 18.9 Å². The molecule has 2 saturated heterocycles. The van der Waals surface area contributed by atoms with Crippen molar-refractivity contribution in [2.75, 3.05) is 57.4 Å². The van der Waals surface area contributed by atoms with E-state index in [9.17, 15) is 18.0 Å². The summed E-state index contributed by atoms with van der Waals surface area (Å²) in [4.78, 5) is 29.8. The maximum atomic E-state index is 14.5. The molecule has 0 radical (unpaired) electrons. The Morgan fingerprint density at radius 1 is 1.02 bits per heavy atom. The normalized spacial score (nSPS) is 19.8. The second kappa shape index (κ2) is 13.3. The summed E-state index contributed by atoms with van der Waals surface area (Å²) in [5, 5.41) is 0. The summed E-state index contributed by atoms with van der Waals surface area (Å²) in [6, 6.07) is 12.3. The number of halogens is 3. The fourth-order valence-corrected chi connectivity index (χ4v) is 7.35. The number of amides is 1. The van der Waals surface area contributed by atoms with Crippen molar-refractivity contribution >= 4 is 11.6 Å². The zero-order valence-electron chi connectivity index (χ0n) is 27.6. The van der Waals surface area contributed by atoms with Gasteiger partial charge in [-0.2, -0.15) is 13.2 Å². The third kappa shape index (κ3) is 6.51. The van der Waals surface area contributed by atoms with E-state index in [0.717, 1.165) is 31.6 Å². The molecule has 11 heteroatoms. The van der Waals surface area contributed by atoms with Gasteiger partial charge in [-0.1, -0.05) is 32.9 Å². The maximum Gasteiger partial charge on any atom is 0.421 e. The van der Waals surface area contributed by atoms with Crippen molar-refractivity contribution in [1.82, 2.24) is 19.8 Å². The van der Waals surface area contributed by atoms with E-state index < -0.39 is 17.2 Å². The summed E-state index contributed by atoms with van der Waals surface area (Å²) in [7, 11) is 0. The first-order valence-corrected chi connectivity index (χ1v) is 16.8. The maximum absolute atomic E-state index is 14.5. The van der Waals surface area contributed by atoms with E-state index in [2.05, 4.69) is 16.8 Å². The SMILES string of the molecule is CCOc1ncccc1-c1ccc2c(n1)C(=O)N(C1CCN(CC)C1)CC21CCN(c2cccc(OCC(C)C)c2C(F)(F)F)CC1. The van der Waals surface area contributed by atoms with Crippen molar-refractivity contribution in [1.29, 1.82) is 0 Å². The molecule has 1 spiro atoms. The molecule has 3 aliphatic heterocycles. The Bertz CT molecular complexity index is 1590. The number of likely N-dealkylation sites (tertiary alicyclic amines) is 1. The lowest BCUT2D eigenvalue weighted by Gasteiger charge is -2.50. The van der Waals surface area contributed by atoms with Crippen LogP contribution in [-0.4, -0.2) is 84.2 Å². The van der Waals surface area contributed by atoms with Crippen LogP contribution in [-0.2, 0) is 11.6 Å². The van der Waals surface area contributed by atoms with E-state index in [-0.39, 0.29) is 35.9 Å². The van der Waals surface area contributed by atoms with Crippen LogP contribution in [0.1, 0.15) is 68.6 Å². The van der Waals surface area contributed by atoms with Crippen molar-refractivity contribution in [3.05, 3.63) is 65.5 Å². The highest BCUT2D eigenvalue weighted by atomic mass is 19.4. The molecule has 0 aliphatic carbocycles. The van der Waals surface area contributed by atoms with Crippen molar-refractivity contribution in [3.63, 3.8) is 0 Å². The number of anilines is 1. The minimum absolute atomic E-state index is 0.0555. The molecule has 0 saturated carbocycles. The average Bonchev–Trinajstić information content (AvgIpc) is 3.55. The topological polar surface area (TPSA) is 71.0 Å². The van der Waals surface area contributed by atoms with E-state index in [0.29, 0.717) is 61.9 Å². The molecular weight excluding hydrogens is 607 g/mol. The number of carbonyl (C=O) groups excluding carboxylic acids is 1. The van der Waals surface area contributed by atoms with Crippen LogP contribution in [0.2, 0.25) is 0 Å². The van der Waals surface area contributed by atoms with Gasteiger partial charge in [0.1, 0.15) is 17.0 Å². The van der Waals surface area contributed by atoms with E-state index in [1.165, 1.54) is 6.07 Å². The van der Waals surface area contributed by atoms with Gasteiger partial charge in [0.2, 0.25) is 5.88 Å². The van der Waals surface area contributed by atoms with Gasteiger partial charge in [0.05, 0.1) is 30.2 Å². The number of benzene rings is 1. The number of pyridine rings is 2. The number of fused-ring (bicyclic) bond motifs is 2. The summed E-state index contributed by atoms with van der Waals surface area (Å²) in [6.45, 7) is 12.5. The number of rotatable bonds is 9. The van der Waals surface area contributed by atoms with Crippen LogP contribution < -0.4 is 14.4 Å². The van der Waals surface area contributed by atoms with Gasteiger partial charge in [-0.25, -0.2) is 9.97 Å². The molecule has 2 aromatic heterocycles. The molecular formula is C36H44F3N5O3. The number of carbonyl (C=O) groups is 1. The second-order valence-corrected chi connectivity index (χ2v) is 13.3. The highest BCUT2D eigenvalue weighted by molar-refractivity contribution is 5.96. The van der Waals surface area contributed by atoms with Crippen LogP contribution in [0.3, 0.4) is 0 Å². The summed E-state index contributed by atoms with van der Waals surface area (Å²) in [6.07, 6.45) is -0.856. The highest BCUT2D eigenvalue weighted by Crippen LogP contribution is 2.47. The van der Waals surface area contributed by atoms with E-state index >= 15 is 0 Å². The Hall–Kier alpha value is -3.86. The number of hydrogen-bond donors (Lipinski definition) is 0. The van der Waals surface area contributed by atoms with Crippen LogP contribution in [0.15, 0.2) is 48.7 Å². The molecule has 1 unspecified atom stereocenters. The highest BCUT2D eigenvalue weighted by Gasteiger charge is 2.49. The monoisotopic (exact) mass is 651 g/mol. The van der Waals surface area contributed by atoms with Crippen LogP contribution in [0.5, 0.6) is 11.6 Å². The predicted molar refractivity (Wildman–Crippen MR) is 175 cm³/mol. The van der Waals surface area contributed by atoms with Crippen molar-refractivity contribution < 1.29 is 27.4 Å². The number of hydrogen-bond acceptors (Lipinski definition) is 7. The molecule has 6 rings (SSSR count). The summed E-state index contributed by atoms with van der Waals surface area (Å²) in [5.41, 5.74) is 1.59. The Morgan fingerprint density at radius 2 is 1.81 bits per heavy atom. The molecule has 1 atom stereocenters. The Morgan fingerprint density at radius 3 is 2.49 bits per heavy atom. The first kappa shape index (κ1) is 33.1. The second-order valence-electron chi connectivity index (χ2n) is 13.3. The smallest absolute Gasteiger partial charge is 0.421 e. The van der Waals surface area contributed by atoms with Gasteiger partial charge in [0.15, 0.2) is 0 Å². The molecule has 1 amide bonds. The fraction of sp³-hybridized carbons (Fsp3) is 0.528. The average molecular weight is 652 g/mol. The third-order valence-corrected chi connectivity index (χ3v) is 9.79. The van der Waals surface area contributed by atoms with Gasteiger partial charge in [-0.3, -0.25) is 4.79 Å². The summed E-state index contributed by atoms with van der Waals surface area (Å²) < 4.78 is 55.1. The van der Waals surface area contributed by atoms with Crippen molar-refractivity contribution in [2.24, 2.45) is 5.92 Å². The van der Waals surface area contributed by atoms with E-state index in [1.54, 1.807) is 18.3 Å². The fourth-order valence-electron chi connectivity index (χ4n) is 7.35. The quantitative estimate of drug-likeness (QED) is 0.256. The summed E-state index contributed by atoms with van der Waals surface area (Å²) >= 11 is 0. The predicted octanol–water partition coefficient (Wildman–Crippen LogP) is 6.68. The van der Waals surface area contributed by atoms with E-state index in [1.807, 2.05) is 54.8 Å². The standard InChI is InChI=1S/C36H44F3N5O3/c1-5-42-18-14-25(21-42)44-23-35(27-12-13-28(41-32(27)34(44)45)26-9-8-17-40-33(26)46-6-2)15-19-43(20-16-35)29-10-7-11-30(47-22-24(3)4)31(29)36(37,38)39/h7-13,17,24-25H,5-6,14-16,18-23H2,1-4H3. The van der Waals surface area contributed by atoms with Crippen molar-refractivity contribution in [2.45, 2.75) is 64.6 Å². The lowest BCUT2D eigenvalue weighted by atomic mass is 9.69. The first-order chi connectivity index (χ1) is 22.5. The van der Waals surface area contributed by atoms with Gasteiger partial charge in [0.25, 0.3) is 5.91 Å². The Labute approximate surface area is 274 Å². The number of alkyl halides is 3. The van der Waals surface area contributed by atoms with Crippen LogP contribution in [0, 0.1) is 5.92 Å². The molecule has 3 aromatic rings. The number of nitrogens with zero attached hydrogens (tertiary/aromatic N) is 5. The molecule has 5 heterocycles. The Kier molecular flexibility index (Phi) is 9.38. The van der Waals surface area contributed by atoms with Gasteiger partial charge in [-0.15, -0.1) is 0 Å².